The summed E-state index contributed by atoms with van der Waals surface area (Å²) in [7, 11) is 0. The Balaban J connectivity index is 1.59. The minimum absolute atomic E-state index is 0.105. The number of nitrogens with zero attached hydrogens (tertiary/aromatic N) is 5. The summed E-state index contributed by atoms with van der Waals surface area (Å²) in [5.41, 5.74) is 1.71. The van der Waals surface area contributed by atoms with Crippen LogP contribution in [0.3, 0.4) is 0 Å². The van der Waals surface area contributed by atoms with Gasteiger partial charge in [0, 0.05) is 28.2 Å². The molecule has 11 heteroatoms. The van der Waals surface area contributed by atoms with Gasteiger partial charge < -0.3 is 15.4 Å². The summed E-state index contributed by atoms with van der Waals surface area (Å²) < 4.78 is 3.08. The molecule has 1 aromatic carbocycles. The maximum absolute atomic E-state index is 12.1. The Morgan fingerprint density at radius 2 is 2.04 bits per heavy atom. The first-order valence-electron chi connectivity index (χ1n) is 8.28. The van der Waals surface area contributed by atoms with Crippen molar-refractivity contribution >= 4 is 40.7 Å². The molecule has 0 aliphatic rings. The Morgan fingerprint density at radius 3 is 2.71 bits per heavy atom. The Bertz CT molecular complexity index is 1030. The van der Waals surface area contributed by atoms with Crippen molar-refractivity contribution in [3.8, 4) is 0 Å². The quantitative estimate of drug-likeness (QED) is 0.461. The number of carbonyl (C=O) groups is 1. The summed E-state index contributed by atoms with van der Waals surface area (Å²) >= 11 is 12.1. The maximum atomic E-state index is 12.1. The third kappa shape index (κ3) is 4.87. The van der Waals surface area contributed by atoms with Crippen LogP contribution in [0.4, 0.5) is 11.6 Å². The average molecular weight is 423 g/mol. The molecule has 0 atom stereocenters. The Hall–Kier alpha value is -2.91. The molecule has 0 saturated heterocycles. The van der Waals surface area contributed by atoms with E-state index in [9.17, 15) is 14.9 Å². The third-order valence-corrected chi connectivity index (χ3v) is 4.55. The van der Waals surface area contributed by atoms with Crippen molar-refractivity contribution in [2.75, 3.05) is 5.32 Å². The highest BCUT2D eigenvalue weighted by molar-refractivity contribution is 6.35. The zero-order chi connectivity index (χ0) is 20.3. The Kier molecular flexibility index (Phi) is 5.96. The molecular weight excluding hydrogens is 407 g/mol. The lowest BCUT2D eigenvalue weighted by Gasteiger charge is -2.07. The predicted molar refractivity (Wildman–Crippen MR) is 105 cm³/mol. The molecule has 0 fully saturated rings. The van der Waals surface area contributed by atoms with Gasteiger partial charge in [-0.25, -0.2) is 0 Å². The van der Waals surface area contributed by atoms with Crippen LogP contribution in [0.15, 0.2) is 36.5 Å². The van der Waals surface area contributed by atoms with E-state index in [4.69, 9.17) is 23.2 Å². The van der Waals surface area contributed by atoms with Crippen LogP contribution < -0.4 is 5.32 Å². The number of aryl methyl sites for hydroxylation is 2. The van der Waals surface area contributed by atoms with E-state index in [1.54, 1.807) is 22.9 Å². The topological polar surface area (TPSA) is 108 Å². The third-order valence-electron chi connectivity index (χ3n) is 3.97. The molecule has 0 radical (unpaired) electrons. The fourth-order valence-electron chi connectivity index (χ4n) is 2.54. The van der Waals surface area contributed by atoms with Gasteiger partial charge in [0.1, 0.15) is 0 Å². The number of amides is 1. The largest absolute Gasteiger partial charge is 0.389 e. The summed E-state index contributed by atoms with van der Waals surface area (Å²) in [5, 5.41) is 22.6. The monoisotopic (exact) mass is 422 g/mol. The zero-order valence-corrected chi connectivity index (χ0v) is 16.3. The van der Waals surface area contributed by atoms with Crippen molar-refractivity contribution in [1.82, 2.24) is 19.6 Å². The summed E-state index contributed by atoms with van der Waals surface area (Å²) in [6.45, 7) is 2.53. The molecule has 3 rings (SSSR count). The van der Waals surface area contributed by atoms with Crippen molar-refractivity contribution in [2.45, 2.75) is 26.4 Å². The van der Waals surface area contributed by atoms with E-state index in [-0.39, 0.29) is 24.7 Å². The number of hydrogen-bond acceptors (Lipinski definition) is 5. The molecule has 0 bridgehead atoms. The smallest absolute Gasteiger partial charge is 0.358 e. The number of anilines is 1. The van der Waals surface area contributed by atoms with E-state index in [2.05, 4.69) is 15.5 Å². The van der Waals surface area contributed by atoms with E-state index in [1.165, 1.54) is 16.9 Å². The number of aromatic nitrogens is 4. The molecule has 9 nitrogen and oxygen atoms in total. The molecule has 1 N–H and O–H groups in total. The molecule has 146 valence electrons. The number of halogens is 2. The zero-order valence-electron chi connectivity index (χ0n) is 14.8. The van der Waals surface area contributed by atoms with E-state index < -0.39 is 4.92 Å². The summed E-state index contributed by atoms with van der Waals surface area (Å²) in [6.07, 6.45) is 1.56. The second-order valence-electron chi connectivity index (χ2n) is 6.06. The van der Waals surface area contributed by atoms with Crippen molar-refractivity contribution in [3.63, 3.8) is 0 Å². The lowest BCUT2D eigenvalue weighted by Crippen LogP contribution is -2.15. The Morgan fingerprint density at radius 1 is 1.25 bits per heavy atom. The van der Waals surface area contributed by atoms with Crippen molar-refractivity contribution in [2.24, 2.45) is 0 Å². The first-order valence-corrected chi connectivity index (χ1v) is 9.03. The predicted octanol–water partition coefficient (Wildman–Crippen LogP) is 3.68. The van der Waals surface area contributed by atoms with Crippen LogP contribution in [-0.4, -0.2) is 30.4 Å². The van der Waals surface area contributed by atoms with Gasteiger partial charge in [-0.3, -0.25) is 9.48 Å². The molecule has 1 amide bonds. The van der Waals surface area contributed by atoms with Crippen LogP contribution in [-0.2, 0) is 17.9 Å². The highest BCUT2D eigenvalue weighted by Crippen LogP contribution is 2.22. The highest BCUT2D eigenvalue weighted by atomic mass is 35.5. The molecule has 0 aliphatic carbocycles. The minimum Gasteiger partial charge on any atom is -0.358 e. The molecule has 0 aliphatic heterocycles. The van der Waals surface area contributed by atoms with Gasteiger partial charge in [-0.05, 0) is 29.5 Å². The molecule has 3 aromatic rings. The number of nitro groups is 1. The van der Waals surface area contributed by atoms with Crippen molar-refractivity contribution in [1.29, 1.82) is 0 Å². The molecule has 0 unspecified atom stereocenters. The van der Waals surface area contributed by atoms with Crippen LogP contribution in [0.2, 0.25) is 10.0 Å². The van der Waals surface area contributed by atoms with E-state index in [1.807, 2.05) is 13.0 Å². The highest BCUT2D eigenvalue weighted by Gasteiger charge is 2.13. The lowest BCUT2D eigenvalue weighted by molar-refractivity contribution is -0.389. The number of benzene rings is 1. The average Bonchev–Trinajstić information content (AvgIpc) is 3.23. The SMILES string of the molecule is Cc1cc(NC(=O)CCn2ccc([N+](=O)[O-])n2)nn1Cc1ccc(Cl)cc1Cl. The van der Waals surface area contributed by atoms with E-state index in [0.29, 0.717) is 22.4 Å². The van der Waals surface area contributed by atoms with Gasteiger partial charge in [-0.1, -0.05) is 29.3 Å². The van der Waals surface area contributed by atoms with Gasteiger partial charge in [0.15, 0.2) is 5.82 Å². The van der Waals surface area contributed by atoms with E-state index >= 15 is 0 Å². The van der Waals surface area contributed by atoms with Crippen molar-refractivity contribution in [3.05, 3.63) is 67.9 Å². The lowest BCUT2D eigenvalue weighted by atomic mass is 10.2. The van der Waals surface area contributed by atoms with E-state index in [0.717, 1.165) is 11.3 Å². The molecular formula is C17H16Cl2N6O3. The second kappa shape index (κ2) is 8.41. The fourth-order valence-corrected chi connectivity index (χ4v) is 3.01. The van der Waals surface area contributed by atoms with Crippen LogP contribution in [0.5, 0.6) is 0 Å². The van der Waals surface area contributed by atoms with Gasteiger partial charge in [0.25, 0.3) is 0 Å². The summed E-state index contributed by atoms with van der Waals surface area (Å²) in [4.78, 5) is 22.2. The molecule has 0 saturated carbocycles. The van der Waals surface area contributed by atoms with Gasteiger partial charge in [0.2, 0.25) is 5.91 Å². The second-order valence-corrected chi connectivity index (χ2v) is 6.90. The van der Waals surface area contributed by atoms with Gasteiger partial charge in [-0.15, -0.1) is 0 Å². The molecule has 2 aromatic heterocycles. The molecule has 28 heavy (non-hydrogen) atoms. The molecule has 0 spiro atoms. The van der Waals surface area contributed by atoms with Crippen LogP contribution in [0.25, 0.3) is 0 Å². The first kappa shape index (κ1) is 19.8. The number of carbonyl (C=O) groups excluding carboxylic acids is 1. The summed E-state index contributed by atoms with van der Waals surface area (Å²) in [5.74, 6) is -0.109. The van der Waals surface area contributed by atoms with Crippen LogP contribution in [0, 0.1) is 17.0 Å². The first-order chi connectivity index (χ1) is 13.3. The maximum Gasteiger partial charge on any atom is 0.389 e. The van der Waals surface area contributed by atoms with Gasteiger partial charge >= 0.3 is 5.82 Å². The van der Waals surface area contributed by atoms with Crippen LogP contribution >= 0.6 is 23.2 Å². The van der Waals surface area contributed by atoms with Gasteiger partial charge in [-0.2, -0.15) is 9.78 Å². The Labute approximate surface area is 170 Å². The standard InChI is InChI=1S/C17H16Cl2N6O3/c1-11-8-15(21-24(11)10-12-2-3-13(18)9-14(12)19)20-17(26)5-7-23-6-4-16(22-23)25(27)28/h2-4,6,8-9H,5,7,10H2,1H3,(H,20,21,26). The number of hydrogen-bond donors (Lipinski definition) is 1. The normalized spacial score (nSPS) is 10.8. The summed E-state index contributed by atoms with van der Waals surface area (Å²) in [6, 6.07) is 8.28. The van der Waals surface area contributed by atoms with Crippen LogP contribution in [0.1, 0.15) is 17.7 Å². The van der Waals surface area contributed by atoms with Gasteiger partial charge in [0.05, 0.1) is 30.5 Å². The fraction of sp³-hybridized carbons (Fsp3) is 0.235. The van der Waals surface area contributed by atoms with Crippen molar-refractivity contribution < 1.29 is 9.72 Å². The minimum atomic E-state index is -0.584. The number of nitrogens with one attached hydrogen (secondary N) is 1. The molecule has 2 heterocycles. The number of rotatable bonds is 7.